The Hall–Kier alpha value is -2.44. The molecule has 0 aliphatic rings. The summed E-state index contributed by atoms with van der Waals surface area (Å²) in [5, 5.41) is 12.6. The van der Waals surface area contributed by atoms with E-state index in [1.165, 1.54) is 6.07 Å². The van der Waals surface area contributed by atoms with Crippen molar-refractivity contribution in [3.63, 3.8) is 0 Å². The first-order valence-corrected chi connectivity index (χ1v) is 6.30. The Labute approximate surface area is 116 Å². The summed E-state index contributed by atoms with van der Waals surface area (Å²) in [6.07, 6.45) is 4.06. The summed E-state index contributed by atoms with van der Waals surface area (Å²) in [6.45, 7) is 2.93. The second-order valence-corrected chi connectivity index (χ2v) is 4.38. The molecule has 1 aromatic carbocycles. The minimum absolute atomic E-state index is 0.171. The number of hydrogen-bond acceptors (Lipinski definition) is 3. The van der Waals surface area contributed by atoms with E-state index in [1.54, 1.807) is 36.1 Å². The van der Waals surface area contributed by atoms with Crippen LogP contribution in [0.4, 0.5) is 14.9 Å². The third-order valence-electron chi connectivity index (χ3n) is 2.69. The summed E-state index contributed by atoms with van der Waals surface area (Å²) in [7, 11) is 0. The highest BCUT2D eigenvalue weighted by Gasteiger charge is 2.06. The molecule has 1 heterocycles. The zero-order valence-electron chi connectivity index (χ0n) is 11.1. The lowest BCUT2D eigenvalue weighted by Gasteiger charge is -2.08. The number of anilines is 1. The molecule has 0 bridgehead atoms. The fourth-order valence-electron chi connectivity index (χ4n) is 1.68. The van der Waals surface area contributed by atoms with Crippen LogP contribution in [0.15, 0.2) is 30.6 Å². The molecule has 2 N–H and O–H groups in total. The maximum Gasteiger partial charge on any atom is 0.319 e. The standard InChI is InChI=1S/C13H16FN5O/c1-10-3-4-12(11(14)9-10)17-13(20)15-5-2-7-19-8-6-16-18-19/h3-4,6,8-9H,2,5,7H2,1H3,(H2,15,17,20). The Kier molecular flexibility index (Phi) is 4.65. The molecule has 2 rings (SSSR count). The molecule has 0 aliphatic heterocycles. The lowest BCUT2D eigenvalue weighted by molar-refractivity contribution is 0.251. The van der Waals surface area contributed by atoms with E-state index in [2.05, 4.69) is 20.9 Å². The maximum atomic E-state index is 13.5. The van der Waals surface area contributed by atoms with Crippen LogP contribution in [0.25, 0.3) is 0 Å². The number of rotatable bonds is 5. The average Bonchev–Trinajstić information content (AvgIpc) is 2.91. The molecule has 20 heavy (non-hydrogen) atoms. The Balaban J connectivity index is 1.72. The highest BCUT2D eigenvalue weighted by Crippen LogP contribution is 2.14. The highest BCUT2D eigenvalue weighted by molar-refractivity contribution is 5.89. The van der Waals surface area contributed by atoms with Crippen molar-refractivity contribution in [2.24, 2.45) is 0 Å². The van der Waals surface area contributed by atoms with Crippen LogP contribution in [0.3, 0.4) is 0 Å². The molecule has 0 aliphatic carbocycles. The first kappa shape index (κ1) is 14.0. The normalized spacial score (nSPS) is 10.3. The van der Waals surface area contributed by atoms with E-state index in [9.17, 15) is 9.18 Å². The summed E-state index contributed by atoms with van der Waals surface area (Å²) in [6, 6.07) is 4.23. The van der Waals surface area contributed by atoms with E-state index in [0.717, 1.165) is 5.56 Å². The zero-order valence-corrected chi connectivity index (χ0v) is 11.1. The number of aryl methyl sites for hydroxylation is 2. The van der Waals surface area contributed by atoms with Crippen molar-refractivity contribution in [3.8, 4) is 0 Å². The average molecular weight is 277 g/mol. The largest absolute Gasteiger partial charge is 0.338 e. The molecule has 106 valence electrons. The summed E-state index contributed by atoms with van der Waals surface area (Å²) < 4.78 is 15.2. The first-order chi connectivity index (χ1) is 9.65. The smallest absolute Gasteiger partial charge is 0.319 e. The molecule has 2 amide bonds. The number of halogens is 1. The van der Waals surface area contributed by atoms with Crippen LogP contribution in [-0.2, 0) is 6.54 Å². The van der Waals surface area contributed by atoms with Crippen LogP contribution >= 0.6 is 0 Å². The van der Waals surface area contributed by atoms with Gasteiger partial charge in [0.25, 0.3) is 0 Å². The molecule has 0 unspecified atom stereocenters. The lowest BCUT2D eigenvalue weighted by atomic mass is 10.2. The van der Waals surface area contributed by atoms with Crippen molar-refractivity contribution in [1.29, 1.82) is 0 Å². The molecule has 0 spiro atoms. The van der Waals surface area contributed by atoms with Crippen molar-refractivity contribution in [1.82, 2.24) is 20.3 Å². The number of nitrogens with one attached hydrogen (secondary N) is 2. The second kappa shape index (κ2) is 6.65. The van der Waals surface area contributed by atoms with E-state index in [1.807, 2.05) is 0 Å². The number of aromatic nitrogens is 3. The summed E-state index contributed by atoms with van der Waals surface area (Å²) in [4.78, 5) is 11.6. The molecular formula is C13H16FN5O. The Morgan fingerprint density at radius 2 is 2.30 bits per heavy atom. The lowest BCUT2D eigenvalue weighted by Crippen LogP contribution is -2.30. The van der Waals surface area contributed by atoms with Gasteiger partial charge in [0.2, 0.25) is 0 Å². The van der Waals surface area contributed by atoms with Gasteiger partial charge in [-0.1, -0.05) is 11.3 Å². The third kappa shape index (κ3) is 4.04. The van der Waals surface area contributed by atoms with Gasteiger partial charge in [0.15, 0.2) is 0 Å². The predicted molar refractivity (Wildman–Crippen MR) is 72.8 cm³/mol. The molecule has 6 nitrogen and oxygen atoms in total. The molecule has 2 aromatic rings. The monoisotopic (exact) mass is 277 g/mol. The quantitative estimate of drug-likeness (QED) is 0.820. The topological polar surface area (TPSA) is 71.8 Å². The predicted octanol–water partition coefficient (Wildman–Crippen LogP) is 1.94. The van der Waals surface area contributed by atoms with E-state index in [0.29, 0.717) is 19.5 Å². The van der Waals surface area contributed by atoms with Crippen molar-refractivity contribution in [2.45, 2.75) is 19.9 Å². The Bertz CT molecular complexity index is 570. The molecule has 0 saturated carbocycles. The molecule has 0 saturated heterocycles. The van der Waals surface area contributed by atoms with Gasteiger partial charge in [-0.2, -0.15) is 0 Å². The fourth-order valence-corrected chi connectivity index (χ4v) is 1.68. The minimum Gasteiger partial charge on any atom is -0.338 e. The molecule has 0 fully saturated rings. The fraction of sp³-hybridized carbons (Fsp3) is 0.308. The SMILES string of the molecule is Cc1ccc(NC(=O)NCCCn2ccnn2)c(F)c1. The maximum absolute atomic E-state index is 13.5. The number of urea groups is 1. The molecular weight excluding hydrogens is 261 g/mol. The van der Waals surface area contributed by atoms with Gasteiger partial charge in [-0.15, -0.1) is 5.10 Å². The highest BCUT2D eigenvalue weighted by atomic mass is 19.1. The number of nitrogens with zero attached hydrogens (tertiary/aromatic N) is 3. The van der Waals surface area contributed by atoms with E-state index in [-0.39, 0.29) is 5.69 Å². The van der Waals surface area contributed by atoms with E-state index < -0.39 is 11.8 Å². The van der Waals surface area contributed by atoms with Gasteiger partial charge in [0, 0.05) is 19.3 Å². The molecule has 0 radical (unpaired) electrons. The molecule has 1 aromatic heterocycles. The van der Waals surface area contributed by atoms with Gasteiger partial charge < -0.3 is 10.6 Å². The number of carbonyl (C=O) groups is 1. The second-order valence-electron chi connectivity index (χ2n) is 4.38. The number of hydrogen-bond donors (Lipinski definition) is 2. The van der Waals surface area contributed by atoms with Crippen molar-refractivity contribution >= 4 is 11.7 Å². The van der Waals surface area contributed by atoms with Crippen molar-refractivity contribution in [2.75, 3.05) is 11.9 Å². The van der Waals surface area contributed by atoms with Crippen LogP contribution in [-0.4, -0.2) is 27.6 Å². The Morgan fingerprint density at radius 1 is 1.45 bits per heavy atom. The van der Waals surface area contributed by atoms with Crippen LogP contribution in [0.5, 0.6) is 0 Å². The zero-order chi connectivity index (χ0) is 14.4. The van der Waals surface area contributed by atoms with Crippen LogP contribution in [0.2, 0.25) is 0 Å². The first-order valence-electron chi connectivity index (χ1n) is 6.30. The summed E-state index contributed by atoms with van der Waals surface area (Å²) in [5.74, 6) is -0.442. The number of carbonyl (C=O) groups excluding carboxylic acids is 1. The number of amides is 2. The van der Waals surface area contributed by atoms with Crippen LogP contribution in [0, 0.1) is 12.7 Å². The van der Waals surface area contributed by atoms with Gasteiger partial charge in [-0.3, -0.25) is 4.68 Å². The van der Waals surface area contributed by atoms with Crippen LogP contribution in [0.1, 0.15) is 12.0 Å². The van der Waals surface area contributed by atoms with Gasteiger partial charge in [0.05, 0.1) is 11.9 Å². The van der Waals surface area contributed by atoms with Gasteiger partial charge in [-0.05, 0) is 31.0 Å². The summed E-state index contributed by atoms with van der Waals surface area (Å²) >= 11 is 0. The van der Waals surface area contributed by atoms with E-state index in [4.69, 9.17) is 0 Å². The van der Waals surface area contributed by atoms with Gasteiger partial charge in [0.1, 0.15) is 5.82 Å². The van der Waals surface area contributed by atoms with Crippen LogP contribution < -0.4 is 10.6 Å². The number of benzene rings is 1. The minimum atomic E-state index is -0.442. The third-order valence-corrected chi connectivity index (χ3v) is 2.69. The van der Waals surface area contributed by atoms with Crippen molar-refractivity contribution in [3.05, 3.63) is 42.0 Å². The van der Waals surface area contributed by atoms with Gasteiger partial charge in [-0.25, -0.2) is 9.18 Å². The molecule has 0 atom stereocenters. The van der Waals surface area contributed by atoms with Gasteiger partial charge >= 0.3 is 6.03 Å². The summed E-state index contributed by atoms with van der Waals surface area (Å²) in [5.41, 5.74) is 0.977. The van der Waals surface area contributed by atoms with Crippen molar-refractivity contribution < 1.29 is 9.18 Å². The molecule has 7 heteroatoms. The Morgan fingerprint density at radius 3 is 3.00 bits per heavy atom. The van der Waals surface area contributed by atoms with E-state index >= 15 is 0 Å².